The third kappa shape index (κ3) is 4.23. The number of nitrogens with one attached hydrogen (secondary N) is 1. The highest BCUT2D eigenvalue weighted by Gasteiger charge is 2.29. The van der Waals surface area contributed by atoms with Crippen LogP contribution in [0.4, 0.5) is 20.3 Å². The van der Waals surface area contributed by atoms with Crippen LogP contribution in [0.15, 0.2) is 42.5 Å². The van der Waals surface area contributed by atoms with Crippen molar-refractivity contribution >= 4 is 17.4 Å². The fourth-order valence-electron chi connectivity index (χ4n) is 2.88. The molecule has 132 valence electrons. The summed E-state index contributed by atoms with van der Waals surface area (Å²) in [5, 5.41) is 3.18. The van der Waals surface area contributed by atoms with E-state index in [0.717, 1.165) is 18.5 Å². The number of aromatic nitrogens is 1. The van der Waals surface area contributed by atoms with Crippen LogP contribution in [-0.2, 0) is 4.79 Å². The SMILES string of the molecule is Cc1cccc(NC2CCCN(c3ccc(OC(F)F)cc3)C2=O)n1. The van der Waals surface area contributed by atoms with Gasteiger partial charge in [-0.15, -0.1) is 0 Å². The first-order valence-corrected chi connectivity index (χ1v) is 8.09. The van der Waals surface area contributed by atoms with Gasteiger partial charge in [-0.3, -0.25) is 4.79 Å². The number of rotatable bonds is 5. The van der Waals surface area contributed by atoms with Crippen molar-refractivity contribution in [3.05, 3.63) is 48.2 Å². The number of hydrogen-bond acceptors (Lipinski definition) is 4. The highest BCUT2D eigenvalue weighted by Crippen LogP contribution is 2.25. The number of pyridine rings is 1. The summed E-state index contributed by atoms with van der Waals surface area (Å²) in [4.78, 5) is 18.8. The second-order valence-electron chi connectivity index (χ2n) is 5.87. The molecule has 3 rings (SSSR count). The number of aryl methyl sites for hydroxylation is 1. The smallest absolute Gasteiger partial charge is 0.387 e. The molecule has 1 fully saturated rings. The Kier molecular flexibility index (Phi) is 5.11. The Labute approximate surface area is 144 Å². The molecule has 1 aromatic carbocycles. The van der Waals surface area contributed by atoms with Crippen molar-refractivity contribution < 1.29 is 18.3 Å². The maximum atomic E-state index is 12.8. The first kappa shape index (κ1) is 17.1. The van der Waals surface area contributed by atoms with Crippen LogP contribution in [0.3, 0.4) is 0 Å². The van der Waals surface area contributed by atoms with Gasteiger partial charge in [0.2, 0.25) is 5.91 Å². The zero-order valence-corrected chi connectivity index (χ0v) is 13.8. The normalized spacial score (nSPS) is 17.7. The van der Waals surface area contributed by atoms with Gasteiger partial charge in [0, 0.05) is 17.9 Å². The molecule has 0 aliphatic carbocycles. The zero-order chi connectivity index (χ0) is 17.8. The molecule has 2 heterocycles. The Balaban J connectivity index is 1.71. The second kappa shape index (κ2) is 7.46. The summed E-state index contributed by atoms with van der Waals surface area (Å²) in [6.07, 6.45) is 1.56. The average Bonchev–Trinajstić information content (AvgIpc) is 2.57. The average molecular weight is 347 g/mol. The van der Waals surface area contributed by atoms with Gasteiger partial charge in [-0.25, -0.2) is 4.98 Å². The molecular formula is C18H19F2N3O2. The summed E-state index contributed by atoms with van der Waals surface area (Å²) in [6, 6.07) is 11.4. The molecule has 1 aliphatic rings. The highest BCUT2D eigenvalue weighted by molar-refractivity contribution is 5.99. The van der Waals surface area contributed by atoms with Gasteiger partial charge in [0.1, 0.15) is 17.6 Å². The summed E-state index contributed by atoms with van der Waals surface area (Å²) < 4.78 is 28.8. The lowest BCUT2D eigenvalue weighted by molar-refractivity contribution is -0.120. The molecule has 1 amide bonds. The lowest BCUT2D eigenvalue weighted by Crippen LogP contribution is -2.47. The first-order valence-electron chi connectivity index (χ1n) is 8.09. The van der Waals surface area contributed by atoms with Gasteiger partial charge in [0.05, 0.1) is 0 Å². The summed E-state index contributed by atoms with van der Waals surface area (Å²) in [6.45, 7) is -0.380. The number of carbonyl (C=O) groups excluding carboxylic acids is 1. The topological polar surface area (TPSA) is 54.5 Å². The molecule has 1 aliphatic heterocycles. The van der Waals surface area contributed by atoms with E-state index in [1.165, 1.54) is 12.1 Å². The summed E-state index contributed by atoms with van der Waals surface area (Å²) in [5.41, 5.74) is 1.54. The molecule has 0 radical (unpaired) electrons. The molecule has 0 saturated carbocycles. The molecule has 2 aromatic rings. The number of hydrogen-bond donors (Lipinski definition) is 1. The van der Waals surface area contributed by atoms with Crippen molar-refractivity contribution in [3.63, 3.8) is 0 Å². The van der Waals surface area contributed by atoms with Crippen LogP contribution >= 0.6 is 0 Å². The van der Waals surface area contributed by atoms with Gasteiger partial charge in [0.25, 0.3) is 0 Å². The molecule has 1 N–H and O–H groups in total. The van der Waals surface area contributed by atoms with E-state index in [0.29, 0.717) is 18.1 Å². The maximum absolute atomic E-state index is 12.8. The van der Waals surface area contributed by atoms with Crippen molar-refractivity contribution in [2.24, 2.45) is 0 Å². The molecule has 1 unspecified atom stereocenters. The van der Waals surface area contributed by atoms with Gasteiger partial charge < -0.3 is 15.0 Å². The minimum Gasteiger partial charge on any atom is -0.435 e. The van der Waals surface area contributed by atoms with E-state index in [4.69, 9.17) is 0 Å². The monoisotopic (exact) mass is 347 g/mol. The highest BCUT2D eigenvalue weighted by atomic mass is 19.3. The number of nitrogens with zero attached hydrogens (tertiary/aromatic N) is 2. The number of halogens is 2. The predicted octanol–water partition coefficient (Wildman–Crippen LogP) is 3.60. The summed E-state index contributed by atoms with van der Waals surface area (Å²) in [5.74, 6) is 0.680. The largest absolute Gasteiger partial charge is 0.435 e. The third-order valence-corrected chi connectivity index (χ3v) is 4.02. The fourth-order valence-corrected chi connectivity index (χ4v) is 2.88. The van der Waals surface area contributed by atoms with Crippen molar-refractivity contribution in [2.45, 2.75) is 32.4 Å². The van der Waals surface area contributed by atoms with E-state index in [1.54, 1.807) is 17.0 Å². The first-order chi connectivity index (χ1) is 12.0. The van der Waals surface area contributed by atoms with Gasteiger partial charge in [0.15, 0.2) is 0 Å². The molecule has 0 spiro atoms. The van der Waals surface area contributed by atoms with Crippen molar-refractivity contribution in [1.29, 1.82) is 0 Å². The Morgan fingerprint density at radius 1 is 1.24 bits per heavy atom. The number of carbonyl (C=O) groups is 1. The van der Waals surface area contributed by atoms with Crippen LogP contribution in [0.25, 0.3) is 0 Å². The number of alkyl halides is 2. The molecule has 1 aromatic heterocycles. The van der Waals surface area contributed by atoms with Gasteiger partial charge in [-0.05, 0) is 56.2 Å². The molecule has 7 heteroatoms. The number of benzene rings is 1. The maximum Gasteiger partial charge on any atom is 0.387 e. The van der Waals surface area contributed by atoms with E-state index in [9.17, 15) is 13.6 Å². The standard InChI is InChI=1S/C18H19F2N3O2/c1-12-4-2-6-16(21-12)22-15-5-3-11-23(17(15)24)13-7-9-14(10-8-13)25-18(19)20/h2,4,6-10,15,18H,3,5,11H2,1H3,(H,21,22). The minimum atomic E-state index is -2.86. The van der Waals surface area contributed by atoms with Crippen LogP contribution < -0.4 is 15.0 Å². The Morgan fingerprint density at radius 3 is 2.68 bits per heavy atom. The van der Waals surface area contributed by atoms with Crippen LogP contribution in [-0.4, -0.2) is 30.1 Å². The van der Waals surface area contributed by atoms with E-state index in [1.807, 2.05) is 25.1 Å². The second-order valence-corrected chi connectivity index (χ2v) is 5.87. The van der Waals surface area contributed by atoms with Crippen LogP contribution in [0.1, 0.15) is 18.5 Å². The van der Waals surface area contributed by atoms with Gasteiger partial charge in [-0.1, -0.05) is 6.07 Å². The van der Waals surface area contributed by atoms with Crippen LogP contribution in [0.5, 0.6) is 5.75 Å². The molecule has 1 atom stereocenters. The van der Waals surface area contributed by atoms with E-state index in [-0.39, 0.29) is 17.7 Å². The molecule has 1 saturated heterocycles. The molecule has 0 bridgehead atoms. The van der Waals surface area contributed by atoms with Crippen LogP contribution in [0, 0.1) is 6.92 Å². The Bertz CT molecular complexity index is 737. The Morgan fingerprint density at radius 2 is 2.00 bits per heavy atom. The predicted molar refractivity (Wildman–Crippen MR) is 91.0 cm³/mol. The molecule has 25 heavy (non-hydrogen) atoms. The molecular weight excluding hydrogens is 328 g/mol. The van der Waals surface area contributed by atoms with Gasteiger partial charge >= 0.3 is 6.61 Å². The minimum absolute atomic E-state index is 0.0583. The lowest BCUT2D eigenvalue weighted by Gasteiger charge is -2.33. The van der Waals surface area contributed by atoms with Gasteiger partial charge in [-0.2, -0.15) is 8.78 Å². The number of piperidine rings is 1. The Hall–Kier alpha value is -2.70. The number of anilines is 2. The van der Waals surface area contributed by atoms with E-state index >= 15 is 0 Å². The fraction of sp³-hybridized carbons (Fsp3) is 0.333. The quantitative estimate of drug-likeness (QED) is 0.898. The lowest BCUT2D eigenvalue weighted by atomic mass is 10.0. The van der Waals surface area contributed by atoms with Crippen molar-refractivity contribution in [2.75, 3.05) is 16.8 Å². The van der Waals surface area contributed by atoms with Crippen molar-refractivity contribution in [3.8, 4) is 5.75 Å². The number of amides is 1. The summed E-state index contributed by atoms with van der Waals surface area (Å²) >= 11 is 0. The van der Waals surface area contributed by atoms with E-state index in [2.05, 4.69) is 15.0 Å². The van der Waals surface area contributed by atoms with Crippen LogP contribution in [0.2, 0.25) is 0 Å². The van der Waals surface area contributed by atoms with Crippen molar-refractivity contribution in [1.82, 2.24) is 4.98 Å². The van der Waals surface area contributed by atoms with E-state index < -0.39 is 6.61 Å². The molecule has 5 nitrogen and oxygen atoms in total. The third-order valence-electron chi connectivity index (χ3n) is 4.02. The number of ether oxygens (including phenoxy) is 1. The summed E-state index contributed by atoms with van der Waals surface area (Å²) in [7, 11) is 0. The zero-order valence-electron chi connectivity index (χ0n) is 13.8.